The van der Waals surface area contributed by atoms with Crippen LogP contribution in [0.3, 0.4) is 0 Å². The van der Waals surface area contributed by atoms with Gasteiger partial charge in [-0.25, -0.2) is 8.78 Å². The molecule has 1 aromatic carbocycles. The molecule has 0 aliphatic heterocycles. The second kappa shape index (κ2) is 6.72. The molecule has 1 rings (SSSR count). The summed E-state index contributed by atoms with van der Waals surface area (Å²) in [7, 11) is 0. The number of hydrogen-bond acceptors (Lipinski definition) is 4. The van der Waals surface area contributed by atoms with Gasteiger partial charge in [-0.2, -0.15) is 0 Å². The normalized spacial score (nSPS) is 12.7. The Bertz CT molecular complexity index is 391. The lowest BCUT2D eigenvalue weighted by Crippen LogP contribution is -2.36. The Kier molecular flexibility index (Phi) is 6.31. The predicted molar refractivity (Wildman–Crippen MR) is 65.5 cm³/mol. The molecular weight excluding hydrogens is 268 g/mol. The molecule has 0 radical (unpaired) electrons. The van der Waals surface area contributed by atoms with Gasteiger partial charge in [0.25, 0.3) is 5.92 Å². The minimum atomic E-state index is -3.42. The number of benzene rings is 1. The average molecular weight is 284 g/mol. The smallest absolute Gasteiger partial charge is 0.289 e. The van der Waals surface area contributed by atoms with Crippen LogP contribution in [0.4, 0.5) is 8.78 Å². The van der Waals surface area contributed by atoms with Crippen molar-refractivity contribution in [1.82, 2.24) is 0 Å². The van der Waals surface area contributed by atoms with E-state index in [1.54, 1.807) is 6.92 Å². The summed E-state index contributed by atoms with van der Waals surface area (Å²) in [6.45, 7) is 0.663. The van der Waals surface area contributed by atoms with Crippen molar-refractivity contribution >= 4 is 12.4 Å². The first kappa shape index (κ1) is 16.9. The predicted octanol–water partition coefficient (Wildman–Crippen LogP) is 1.84. The van der Waals surface area contributed by atoms with E-state index < -0.39 is 18.6 Å². The molecule has 0 heterocycles. The van der Waals surface area contributed by atoms with Crippen molar-refractivity contribution < 1.29 is 23.7 Å². The van der Waals surface area contributed by atoms with E-state index in [0.29, 0.717) is 6.61 Å². The zero-order chi connectivity index (χ0) is 13.1. The molecule has 0 unspecified atom stereocenters. The fourth-order valence-electron chi connectivity index (χ4n) is 1.34. The molecule has 104 valence electrons. The molecule has 0 aliphatic carbocycles. The topological polar surface area (TPSA) is 75.7 Å². The van der Waals surface area contributed by atoms with Crippen LogP contribution >= 0.6 is 12.4 Å². The third-order valence-electron chi connectivity index (χ3n) is 2.31. The first-order chi connectivity index (χ1) is 7.92. The summed E-state index contributed by atoms with van der Waals surface area (Å²) < 4.78 is 31.4. The second-order valence-corrected chi connectivity index (χ2v) is 3.56. The van der Waals surface area contributed by atoms with Crippen molar-refractivity contribution in [2.45, 2.75) is 18.9 Å². The SMILES string of the molecule is CCOc1cc([C@@H](N)C(F)(F)CO)ccc1O.Cl. The van der Waals surface area contributed by atoms with E-state index in [4.69, 9.17) is 15.6 Å². The fourth-order valence-corrected chi connectivity index (χ4v) is 1.34. The van der Waals surface area contributed by atoms with Gasteiger partial charge in [-0.15, -0.1) is 12.4 Å². The molecule has 18 heavy (non-hydrogen) atoms. The molecule has 0 spiro atoms. The van der Waals surface area contributed by atoms with E-state index in [2.05, 4.69) is 0 Å². The quantitative estimate of drug-likeness (QED) is 0.771. The van der Waals surface area contributed by atoms with Crippen LogP contribution in [0.25, 0.3) is 0 Å². The van der Waals surface area contributed by atoms with E-state index in [-0.39, 0.29) is 29.5 Å². The molecule has 4 nitrogen and oxygen atoms in total. The second-order valence-electron chi connectivity index (χ2n) is 3.56. The fraction of sp³-hybridized carbons (Fsp3) is 0.455. The molecular formula is C11H16ClF2NO3. The Morgan fingerprint density at radius 3 is 2.56 bits per heavy atom. The first-order valence-corrected chi connectivity index (χ1v) is 5.12. The molecule has 0 aliphatic rings. The molecule has 1 aromatic rings. The molecule has 0 aromatic heterocycles. The summed E-state index contributed by atoms with van der Waals surface area (Å²) >= 11 is 0. The molecule has 0 fully saturated rings. The van der Waals surface area contributed by atoms with Crippen molar-refractivity contribution in [2.75, 3.05) is 13.2 Å². The molecule has 1 atom stereocenters. The van der Waals surface area contributed by atoms with Crippen molar-refractivity contribution in [2.24, 2.45) is 5.73 Å². The van der Waals surface area contributed by atoms with Crippen molar-refractivity contribution in [3.05, 3.63) is 23.8 Å². The molecule has 0 saturated carbocycles. The highest BCUT2D eigenvalue weighted by molar-refractivity contribution is 5.85. The van der Waals surface area contributed by atoms with E-state index in [9.17, 15) is 13.9 Å². The number of aromatic hydroxyl groups is 1. The molecule has 0 amide bonds. The minimum Gasteiger partial charge on any atom is -0.504 e. The van der Waals surface area contributed by atoms with Crippen LogP contribution in [0.2, 0.25) is 0 Å². The number of phenols is 1. The number of hydrogen-bond donors (Lipinski definition) is 3. The maximum atomic E-state index is 13.2. The number of aliphatic hydroxyl groups is 1. The van der Waals surface area contributed by atoms with Gasteiger partial charge in [0.1, 0.15) is 6.61 Å². The number of aliphatic hydroxyl groups excluding tert-OH is 1. The third kappa shape index (κ3) is 3.69. The number of rotatable bonds is 5. The van der Waals surface area contributed by atoms with Crippen molar-refractivity contribution in [3.8, 4) is 11.5 Å². The summed E-state index contributed by atoms with van der Waals surface area (Å²) in [4.78, 5) is 0. The van der Waals surface area contributed by atoms with Gasteiger partial charge in [-0.3, -0.25) is 0 Å². The standard InChI is InChI=1S/C11H15F2NO3.ClH/c1-2-17-9-5-7(3-4-8(9)16)10(14)11(12,13)6-15;/h3-5,10,15-16H,2,6,14H2,1H3;1H/t10-;/m1./s1. The van der Waals surface area contributed by atoms with Crippen LogP contribution in [0.15, 0.2) is 18.2 Å². The Labute approximate surface area is 110 Å². The summed E-state index contributed by atoms with van der Waals surface area (Å²) in [5.41, 5.74) is 5.44. The molecule has 7 heteroatoms. The summed E-state index contributed by atoms with van der Waals surface area (Å²) in [6, 6.07) is 2.10. The van der Waals surface area contributed by atoms with Crippen LogP contribution < -0.4 is 10.5 Å². The third-order valence-corrected chi connectivity index (χ3v) is 2.31. The zero-order valence-corrected chi connectivity index (χ0v) is 10.6. The highest BCUT2D eigenvalue weighted by Gasteiger charge is 2.37. The van der Waals surface area contributed by atoms with E-state index >= 15 is 0 Å². The van der Waals surface area contributed by atoms with Gasteiger partial charge in [0.2, 0.25) is 0 Å². The van der Waals surface area contributed by atoms with E-state index in [0.717, 1.165) is 0 Å². The lowest BCUT2D eigenvalue weighted by molar-refractivity contribution is -0.0712. The number of nitrogens with two attached hydrogens (primary N) is 1. The van der Waals surface area contributed by atoms with Gasteiger partial charge >= 0.3 is 0 Å². The van der Waals surface area contributed by atoms with Gasteiger partial charge in [0.15, 0.2) is 11.5 Å². The molecule has 4 N–H and O–H groups in total. The Morgan fingerprint density at radius 2 is 2.06 bits per heavy atom. The summed E-state index contributed by atoms with van der Waals surface area (Å²) in [5, 5.41) is 17.9. The Morgan fingerprint density at radius 1 is 1.44 bits per heavy atom. The van der Waals surface area contributed by atoms with Crippen LogP contribution in [0, 0.1) is 0 Å². The summed E-state index contributed by atoms with van der Waals surface area (Å²) in [6.07, 6.45) is 0. The van der Waals surface area contributed by atoms with Gasteiger partial charge in [0, 0.05) is 0 Å². The number of phenolic OH excluding ortho intramolecular Hbond substituents is 1. The van der Waals surface area contributed by atoms with Crippen molar-refractivity contribution in [1.29, 1.82) is 0 Å². The first-order valence-electron chi connectivity index (χ1n) is 5.12. The van der Waals surface area contributed by atoms with Gasteiger partial charge in [0.05, 0.1) is 12.6 Å². The lowest BCUT2D eigenvalue weighted by atomic mass is 10.0. The molecule has 0 saturated heterocycles. The van der Waals surface area contributed by atoms with Gasteiger partial charge in [-0.1, -0.05) is 6.07 Å². The zero-order valence-electron chi connectivity index (χ0n) is 9.77. The van der Waals surface area contributed by atoms with Gasteiger partial charge < -0.3 is 20.7 Å². The average Bonchev–Trinajstić information content (AvgIpc) is 2.31. The lowest BCUT2D eigenvalue weighted by Gasteiger charge is -2.22. The van der Waals surface area contributed by atoms with Gasteiger partial charge in [-0.05, 0) is 24.6 Å². The van der Waals surface area contributed by atoms with Crippen LogP contribution in [0.1, 0.15) is 18.5 Å². The highest BCUT2D eigenvalue weighted by atomic mass is 35.5. The monoisotopic (exact) mass is 283 g/mol. The summed E-state index contributed by atoms with van der Waals surface area (Å²) in [5.74, 6) is -3.47. The van der Waals surface area contributed by atoms with Crippen LogP contribution in [-0.2, 0) is 0 Å². The van der Waals surface area contributed by atoms with Crippen molar-refractivity contribution in [3.63, 3.8) is 0 Å². The number of ether oxygens (including phenoxy) is 1. The Balaban J connectivity index is 0.00000289. The maximum Gasteiger partial charge on any atom is 0.289 e. The minimum absolute atomic E-state index is 0. The maximum absolute atomic E-state index is 13.2. The largest absolute Gasteiger partial charge is 0.504 e. The van der Waals surface area contributed by atoms with E-state index in [1.165, 1.54) is 18.2 Å². The number of alkyl halides is 2. The van der Waals surface area contributed by atoms with Crippen LogP contribution in [0.5, 0.6) is 11.5 Å². The Hall–Kier alpha value is -1.11. The van der Waals surface area contributed by atoms with Crippen LogP contribution in [-0.4, -0.2) is 29.3 Å². The van der Waals surface area contributed by atoms with E-state index in [1.807, 2.05) is 0 Å². The number of halogens is 3. The highest BCUT2D eigenvalue weighted by Crippen LogP contribution is 2.34. The molecule has 0 bridgehead atoms.